The molecule has 0 radical (unpaired) electrons. The molecule has 0 aliphatic carbocycles. The third-order valence-corrected chi connectivity index (χ3v) is 2.78. The molecule has 1 aromatic heterocycles. The molecule has 4 heteroatoms. The highest BCUT2D eigenvalue weighted by Crippen LogP contribution is 2.18. The number of fused-ring (bicyclic) bond motifs is 1. The fourth-order valence-electron chi connectivity index (χ4n) is 1.89. The van der Waals surface area contributed by atoms with E-state index in [0.29, 0.717) is 6.61 Å². The molecule has 0 amide bonds. The highest BCUT2D eigenvalue weighted by molar-refractivity contribution is 5.45. The Bertz CT molecular complexity index is 478. The van der Waals surface area contributed by atoms with Crippen molar-refractivity contribution in [3.05, 3.63) is 41.7 Å². The Balaban J connectivity index is 2.00. The third kappa shape index (κ3) is 1.57. The Kier molecular flexibility index (Phi) is 2.15. The van der Waals surface area contributed by atoms with Crippen LogP contribution in [0.2, 0.25) is 0 Å². The molecule has 0 unspecified atom stereocenters. The van der Waals surface area contributed by atoms with Crippen molar-refractivity contribution < 1.29 is 4.74 Å². The SMILES string of the molecule is Nc1ccc(-n2cc3c(n2)CCOC3)cc1. The van der Waals surface area contributed by atoms with E-state index >= 15 is 0 Å². The highest BCUT2D eigenvalue weighted by atomic mass is 16.5. The fraction of sp³-hybridized carbons (Fsp3) is 0.250. The molecule has 0 bridgehead atoms. The Hall–Kier alpha value is -1.81. The van der Waals surface area contributed by atoms with Gasteiger partial charge in [0.05, 0.1) is 24.6 Å². The average Bonchev–Trinajstić information content (AvgIpc) is 2.73. The topological polar surface area (TPSA) is 53.1 Å². The van der Waals surface area contributed by atoms with Crippen LogP contribution in [0.15, 0.2) is 30.5 Å². The second-order valence-corrected chi connectivity index (χ2v) is 3.94. The van der Waals surface area contributed by atoms with Gasteiger partial charge in [0.15, 0.2) is 0 Å². The number of hydrogen-bond donors (Lipinski definition) is 1. The molecule has 0 fully saturated rings. The van der Waals surface area contributed by atoms with Gasteiger partial charge in [0, 0.05) is 23.9 Å². The van der Waals surface area contributed by atoms with Crippen LogP contribution in [-0.4, -0.2) is 16.4 Å². The summed E-state index contributed by atoms with van der Waals surface area (Å²) in [4.78, 5) is 0. The van der Waals surface area contributed by atoms with Crippen LogP contribution in [0.25, 0.3) is 5.69 Å². The second-order valence-electron chi connectivity index (χ2n) is 3.94. The Morgan fingerprint density at radius 2 is 2.06 bits per heavy atom. The molecule has 2 aromatic rings. The quantitative estimate of drug-likeness (QED) is 0.734. The van der Waals surface area contributed by atoms with Crippen molar-refractivity contribution >= 4 is 5.69 Å². The first-order chi connectivity index (χ1) is 7.83. The standard InChI is InChI=1S/C12H13N3O/c13-10-1-3-11(4-2-10)15-7-9-8-16-6-5-12(9)14-15/h1-4,7H,5-6,8,13H2. The zero-order valence-corrected chi connectivity index (χ0v) is 8.89. The minimum atomic E-state index is 0.671. The molecular weight excluding hydrogens is 202 g/mol. The van der Waals surface area contributed by atoms with Crippen LogP contribution in [0, 0.1) is 0 Å². The van der Waals surface area contributed by atoms with Crippen molar-refractivity contribution in [1.29, 1.82) is 0 Å². The van der Waals surface area contributed by atoms with Gasteiger partial charge in [0.25, 0.3) is 0 Å². The number of hydrogen-bond acceptors (Lipinski definition) is 3. The van der Waals surface area contributed by atoms with E-state index in [9.17, 15) is 0 Å². The van der Waals surface area contributed by atoms with E-state index in [-0.39, 0.29) is 0 Å². The molecule has 1 aromatic carbocycles. The number of nitrogens with zero attached hydrogens (tertiary/aromatic N) is 2. The molecule has 16 heavy (non-hydrogen) atoms. The number of anilines is 1. The van der Waals surface area contributed by atoms with Crippen LogP contribution in [0.5, 0.6) is 0 Å². The molecule has 2 heterocycles. The predicted octanol–water partition coefficient (Wildman–Crippen LogP) is 1.53. The number of nitrogens with two attached hydrogens (primary N) is 1. The maximum atomic E-state index is 5.65. The maximum absolute atomic E-state index is 5.65. The lowest BCUT2D eigenvalue weighted by Gasteiger charge is -2.08. The fourth-order valence-corrected chi connectivity index (χ4v) is 1.89. The number of ether oxygens (including phenoxy) is 1. The van der Waals surface area contributed by atoms with Gasteiger partial charge >= 0.3 is 0 Å². The lowest BCUT2D eigenvalue weighted by atomic mass is 10.2. The van der Waals surface area contributed by atoms with Crippen molar-refractivity contribution in [1.82, 2.24) is 9.78 Å². The van der Waals surface area contributed by atoms with Gasteiger partial charge < -0.3 is 10.5 Å². The molecule has 2 N–H and O–H groups in total. The van der Waals surface area contributed by atoms with Crippen molar-refractivity contribution in [3.8, 4) is 5.69 Å². The van der Waals surface area contributed by atoms with Crippen molar-refractivity contribution in [3.63, 3.8) is 0 Å². The molecule has 1 aliphatic heterocycles. The van der Waals surface area contributed by atoms with Crippen molar-refractivity contribution in [2.75, 3.05) is 12.3 Å². The molecule has 82 valence electrons. The van der Waals surface area contributed by atoms with Crippen LogP contribution in [0.1, 0.15) is 11.3 Å². The van der Waals surface area contributed by atoms with Gasteiger partial charge in [-0.2, -0.15) is 5.10 Å². The Morgan fingerprint density at radius 1 is 1.25 bits per heavy atom. The van der Waals surface area contributed by atoms with Gasteiger partial charge in [0.2, 0.25) is 0 Å². The zero-order chi connectivity index (χ0) is 11.0. The predicted molar refractivity (Wildman–Crippen MR) is 61.3 cm³/mol. The molecule has 0 spiro atoms. The third-order valence-electron chi connectivity index (χ3n) is 2.78. The van der Waals surface area contributed by atoms with Crippen molar-refractivity contribution in [2.45, 2.75) is 13.0 Å². The molecule has 3 rings (SSSR count). The molecular formula is C12H13N3O. The summed E-state index contributed by atoms with van der Waals surface area (Å²) in [6.45, 7) is 1.44. The second kappa shape index (κ2) is 3.64. The van der Waals surface area contributed by atoms with E-state index in [0.717, 1.165) is 30.1 Å². The van der Waals surface area contributed by atoms with Gasteiger partial charge in [-0.15, -0.1) is 0 Å². The van der Waals surface area contributed by atoms with Crippen LogP contribution < -0.4 is 5.73 Å². The highest BCUT2D eigenvalue weighted by Gasteiger charge is 2.14. The van der Waals surface area contributed by atoms with Crippen LogP contribution in [0.4, 0.5) is 5.69 Å². The first-order valence-electron chi connectivity index (χ1n) is 5.34. The lowest BCUT2D eigenvalue weighted by molar-refractivity contribution is 0.110. The smallest absolute Gasteiger partial charge is 0.0750 e. The lowest BCUT2D eigenvalue weighted by Crippen LogP contribution is -2.08. The zero-order valence-electron chi connectivity index (χ0n) is 8.89. The van der Waals surface area contributed by atoms with Gasteiger partial charge in [-0.05, 0) is 24.3 Å². The monoisotopic (exact) mass is 215 g/mol. The Morgan fingerprint density at radius 3 is 2.81 bits per heavy atom. The van der Waals surface area contributed by atoms with E-state index in [4.69, 9.17) is 10.5 Å². The van der Waals surface area contributed by atoms with Gasteiger partial charge in [0.1, 0.15) is 0 Å². The van der Waals surface area contributed by atoms with E-state index in [2.05, 4.69) is 5.10 Å². The first-order valence-corrected chi connectivity index (χ1v) is 5.34. The van der Waals surface area contributed by atoms with Gasteiger partial charge in [-0.3, -0.25) is 0 Å². The Labute approximate surface area is 93.6 Å². The summed E-state index contributed by atoms with van der Waals surface area (Å²) in [5.41, 5.74) is 9.78. The molecule has 0 atom stereocenters. The maximum Gasteiger partial charge on any atom is 0.0750 e. The number of benzene rings is 1. The molecule has 4 nitrogen and oxygen atoms in total. The summed E-state index contributed by atoms with van der Waals surface area (Å²) in [5.74, 6) is 0. The van der Waals surface area contributed by atoms with Gasteiger partial charge in [-0.1, -0.05) is 0 Å². The van der Waals surface area contributed by atoms with Crippen LogP contribution in [0.3, 0.4) is 0 Å². The van der Waals surface area contributed by atoms with E-state index < -0.39 is 0 Å². The summed E-state index contributed by atoms with van der Waals surface area (Å²) in [6.07, 6.45) is 2.93. The largest absolute Gasteiger partial charge is 0.399 e. The number of aromatic nitrogens is 2. The summed E-state index contributed by atoms with van der Waals surface area (Å²) in [6, 6.07) is 7.70. The first kappa shape index (κ1) is 9.42. The number of rotatable bonds is 1. The average molecular weight is 215 g/mol. The minimum absolute atomic E-state index is 0.671. The summed E-state index contributed by atoms with van der Waals surface area (Å²) >= 11 is 0. The summed E-state index contributed by atoms with van der Waals surface area (Å²) < 4.78 is 7.28. The number of nitrogen functional groups attached to an aromatic ring is 1. The summed E-state index contributed by atoms with van der Waals surface area (Å²) in [7, 11) is 0. The van der Waals surface area contributed by atoms with Crippen LogP contribution in [-0.2, 0) is 17.8 Å². The summed E-state index contributed by atoms with van der Waals surface area (Å²) in [5, 5.41) is 4.55. The molecule has 0 saturated carbocycles. The van der Waals surface area contributed by atoms with E-state index in [1.807, 2.05) is 35.1 Å². The minimum Gasteiger partial charge on any atom is -0.399 e. The van der Waals surface area contributed by atoms with Crippen LogP contribution >= 0.6 is 0 Å². The molecule has 0 saturated heterocycles. The molecule has 1 aliphatic rings. The van der Waals surface area contributed by atoms with Crippen molar-refractivity contribution in [2.24, 2.45) is 0 Å². The van der Waals surface area contributed by atoms with Gasteiger partial charge in [-0.25, -0.2) is 4.68 Å². The van der Waals surface area contributed by atoms with E-state index in [1.165, 1.54) is 5.56 Å². The normalized spacial score (nSPS) is 14.8. The van der Waals surface area contributed by atoms with E-state index in [1.54, 1.807) is 0 Å².